The van der Waals surface area contributed by atoms with Gasteiger partial charge in [-0.2, -0.15) is 0 Å². The van der Waals surface area contributed by atoms with Crippen molar-refractivity contribution in [3.63, 3.8) is 0 Å². The summed E-state index contributed by atoms with van der Waals surface area (Å²) in [4.78, 5) is 11.6. The molecule has 6 heteroatoms. The van der Waals surface area contributed by atoms with Gasteiger partial charge in [0.1, 0.15) is 5.60 Å². The molecule has 1 fully saturated rings. The van der Waals surface area contributed by atoms with Crippen molar-refractivity contribution in [2.75, 3.05) is 0 Å². The fourth-order valence-electron chi connectivity index (χ4n) is 2.35. The Morgan fingerprint density at radius 3 is 2.32 bits per heavy atom. The summed E-state index contributed by atoms with van der Waals surface area (Å²) in [6.07, 6.45) is 1.44. The Morgan fingerprint density at radius 2 is 1.77 bits per heavy atom. The second-order valence-electron chi connectivity index (χ2n) is 6.67. The number of hydrogen-bond acceptors (Lipinski definition) is 3. The zero-order valence-electron chi connectivity index (χ0n) is 13.1. The van der Waals surface area contributed by atoms with Crippen LogP contribution in [-0.2, 0) is 11.3 Å². The first kappa shape index (κ1) is 17.4. The summed E-state index contributed by atoms with van der Waals surface area (Å²) in [5.41, 5.74) is 0.596. The summed E-state index contributed by atoms with van der Waals surface area (Å²) in [5, 5.41) is 7.59. The summed E-state index contributed by atoms with van der Waals surface area (Å²) >= 11 is 11.9. The van der Waals surface area contributed by atoms with Gasteiger partial charge >= 0.3 is 6.09 Å². The maximum absolute atomic E-state index is 11.6. The quantitative estimate of drug-likeness (QED) is 0.862. The van der Waals surface area contributed by atoms with E-state index in [0.29, 0.717) is 22.6 Å². The van der Waals surface area contributed by atoms with E-state index in [-0.39, 0.29) is 12.1 Å². The minimum atomic E-state index is -0.461. The number of amides is 1. The van der Waals surface area contributed by atoms with Gasteiger partial charge in [0.05, 0.1) is 0 Å². The molecule has 0 radical (unpaired) electrons. The van der Waals surface area contributed by atoms with E-state index in [9.17, 15) is 4.79 Å². The van der Waals surface area contributed by atoms with Crippen molar-refractivity contribution in [2.24, 2.45) is 0 Å². The number of benzene rings is 1. The van der Waals surface area contributed by atoms with Crippen LogP contribution < -0.4 is 10.6 Å². The number of alkyl carbamates (subject to hydrolysis) is 1. The molecule has 1 aliphatic carbocycles. The third kappa shape index (κ3) is 5.67. The predicted octanol–water partition coefficient (Wildman–Crippen LogP) is 4.14. The van der Waals surface area contributed by atoms with Gasteiger partial charge in [-0.1, -0.05) is 23.2 Å². The lowest BCUT2D eigenvalue weighted by molar-refractivity contribution is 0.0465. The first-order valence-corrected chi connectivity index (χ1v) is 8.15. The van der Waals surface area contributed by atoms with E-state index in [1.165, 1.54) is 0 Å². The molecule has 0 saturated heterocycles. The molecule has 22 heavy (non-hydrogen) atoms. The highest BCUT2D eigenvalue weighted by Gasteiger charge is 2.31. The molecule has 1 amide bonds. The Hall–Kier alpha value is -0.970. The Bertz CT molecular complexity index is 517. The van der Waals surface area contributed by atoms with Crippen LogP contribution in [0.3, 0.4) is 0 Å². The standard InChI is InChI=1S/C16H22Cl2N2O2/c1-16(2,3)22-15(21)20-14-7-13(8-14)19-9-10-4-11(17)6-12(18)5-10/h4-6,13-14,19H,7-9H2,1-3H3,(H,20,21). The van der Waals surface area contributed by atoms with Gasteiger partial charge in [-0.05, 0) is 57.4 Å². The molecule has 0 aliphatic heterocycles. The van der Waals surface area contributed by atoms with E-state index in [4.69, 9.17) is 27.9 Å². The normalized spacial score (nSPS) is 21.1. The van der Waals surface area contributed by atoms with Gasteiger partial charge in [0.2, 0.25) is 0 Å². The molecule has 0 unspecified atom stereocenters. The molecule has 122 valence electrons. The maximum atomic E-state index is 11.6. The number of carbonyl (C=O) groups excluding carboxylic acids is 1. The van der Waals surface area contributed by atoms with Gasteiger partial charge in [-0.25, -0.2) is 4.79 Å². The van der Waals surface area contributed by atoms with Crippen molar-refractivity contribution in [3.8, 4) is 0 Å². The number of ether oxygens (including phenoxy) is 1. The monoisotopic (exact) mass is 344 g/mol. The van der Waals surface area contributed by atoms with Gasteiger partial charge in [-0.15, -0.1) is 0 Å². The SMILES string of the molecule is CC(C)(C)OC(=O)NC1CC(NCc2cc(Cl)cc(Cl)c2)C1. The summed E-state index contributed by atoms with van der Waals surface area (Å²) in [5.74, 6) is 0. The zero-order chi connectivity index (χ0) is 16.3. The van der Waals surface area contributed by atoms with Crippen LogP contribution in [0.25, 0.3) is 0 Å². The summed E-state index contributed by atoms with van der Waals surface area (Å²) in [7, 11) is 0. The van der Waals surface area contributed by atoms with Gasteiger partial charge in [0.15, 0.2) is 0 Å². The van der Waals surface area contributed by atoms with Crippen LogP contribution in [0.2, 0.25) is 10.0 Å². The van der Waals surface area contributed by atoms with Gasteiger partial charge in [-0.3, -0.25) is 0 Å². The summed E-state index contributed by atoms with van der Waals surface area (Å²) < 4.78 is 5.24. The minimum absolute atomic E-state index is 0.176. The Morgan fingerprint density at radius 1 is 1.18 bits per heavy atom. The van der Waals surface area contributed by atoms with Crippen molar-refractivity contribution in [3.05, 3.63) is 33.8 Å². The first-order chi connectivity index (χ1) is 10.2. The Balaban J connectivity index is 1.68. The molecule has 0 atom stereocenters. The molecule has 0 bridgehead atoms. The largest absolute Gasteiger partial charge is 0.444 e. The molecule has 1 aromatic rings. The van der Waals surface area contributed by atoms with Gasteiger partial charge in [0.25, 0.3) is 0 Å². The van der Waals surface area contributed by atoms with Crippen LogP contribution >= 0.6 is 23.2 Å². The molecular formula is C16H22Cl2N2O2. The maximum Gasteiger partial charge on any atom is 0.407 e. The van der Waals surface area contributed by atoms with Crippen LogP contribution in [0, 0.1) is 0 Å². The van der Waals surface area contributed by atoms with Crippen molar-refractivity contribution < 1.29 is 9.53 Å². The lowest BCUT2D eigenvalue weighted by Gasteiger charge is -2.36. The van der Waals surface area contributed by atoms with E-state index in [2.05, 4.69) is 10.6 Å². The average Bonchev–Trinajstić information content (AvgIpc) is 2.28. The van der Waals surface area contributed by atoms with Crippen LogP contribution in [0.5, 0.6) is 0 Å². The summed E-state index contributed by atoms with van der Waals surface area (Å²) in [6, 6.07) is 6.08. The van der Waals surface area contributed by atoms with Crippen molar-refractivity contribution in [1.82, 2.24) is 10.6 Å². The molecule has 4 nitrogen and oxygen atoms in total. The lowest BCUT2D eigenvalue weighted by Crippen LogP contribution is -2.52. The predicted molar refractivity (Wildman–Crippen MR) is 89.5 cm³/mol. The fraction of sp³-hybridized carbons (Fsp3) is 0.562. The first-order valence-electron chi connectivity index (χ1n) is 7.39. The molecular weight excluding hydrogens is 323 g/mol. The number of rotatable bonds is 4. The molecule has 1 aliphatic rings. The van der Waals surface area contributed by atoms with Crippen LogP contribution in [0.15, 0.2) is 18.2 Å². The van der Waals surface area contributed by atoms with Crippen molar-refractivity contribution >= 4 is 29.3 Å². The third-order valence-corrected chi connectivity index (χ3v) is 3.81. The van der Waals surface area contributed by atoms with Crippen LogP contribution in [0.4, 0.5) is 4.79 Å². The van der Waals surface area contributed by atoms with Crippen LogP contribution in [0.1, 0.15) is 39.2 Å². The third-order valence-electron chi connectivity index (χ3n) is 3.38. The smallest absolute Gasteiger partial charge is 0.407 e. The van der Waals surface area contributed by atoms with E-state index in [1.54, 1.807) is 6.07 Å². The van der Waals surface area contributed by atoms with E-state index >= 15 is 0 Å². The zero-order valence-corrected chi connectivity index (χ0v) is 14.6. The molecule has 1 aromatic carbocycles. The van der Waals surface area contributed by atoms with Gasteiger partial charge in [0, 0.05) is 28.7 Å². The molecule has 0 spiro atoms. The summed E-state index contributed by atoms with van der Waals surface area (Å²) in [6.45, 7) is 6.28. The van der Waals surface area contributed by atoms with Gasteiger partial charge < -0.3 is 15.4 Å². The number of hydrogen-bond donors (Lipinski definition) is 2. The highest BCUT2D eigenvalue weighted by atomic mass is 35.5. The number of carbonyl (C=O) groups is 1. The van der Waals surface area contributed by atoms with E-state index < -0.39 is 5.60 Å². The van der Waals surface area contributed by atoms with E-state index in [0.717, 1.165) is 18.4 Å². The Labute approximate surface area is 141 Å². The molecule has 2 rings (SSSR count). The minimum Gasteiger partial charge on any atom is -0.444 e. The molecule has 1 saturated carbocycles. The molecule has 0 heterocycles. The van der Waals surface area contributed by atoms with Crippen molar-refractivity contribution in [2.45, 2.75) is 57.8 Å². The van der Waals surface area contributed by atoms with Crippen molar-refractivity contribution in [1.29, 1.82) is 0 Å². The van der Waals surface area contributed by atoms with E-state index in [1.807, 2.05) is 32.9 Å². The fourth-order valence-corrected chi connectivity index (χ4v) is 2.92. The highest BCUT2D eigenvalue weighted by molar-refractivity contribution is 6.34. The van der Waals surface area contributed by atoms with Crippen LogP contribution in [-0.4, -0.2) is 23.8 Å². The molecule has 2 N–H and O–H groups in total. The lowest BCUT2D eigenvalue weighted by atomic mass is 9.87. The second-order valence-corrected chi connectivity index (χ2v) is 7.54. The highest BCUT2D eigenvalue weighted by Crippen LogP contribution is 2.23. The molecule has 0 aromatic heterocycles. The topological polar surface area (TPSA) is 50.4 Å². The number of halogens is 2. The number of nitrogens with one attached hydrogen (secondary N) is 2. The Kier molecular flexibility index (Phi) is 5.59. The average molecular weight is 345 g/mol. The second kappa shape index (κ2) is 7.07.